The number of aromatic amines is 1. The van der Waals surface area contributed by atoms with Gasteiger partial charge in [0.25, 0.3) is 5.56 Å². The fourth-order valence-corrected chi connectivity index (χ4v) is 2.68. The zero-order valence-corrected chi connectivity index (χ0v) is 14.8. The number of benzene rings is 2. The fraction of sp³-hybridized carbons (Fsp3) is 0.0588. The molecule has 2 aromatic carbocycles. The van der Waals surface area contributed by atoms with E-state index in [2.05, 4.69) is 10.1 Å². The largest absolute Gasteiger partial charge is 0.295 e. The number of hydrogen-bond donors (Lipinski definition) is 1. The molecular formula is C17H12Cl3N3O. The monoisotopic (exact) mass is 379 g/mol. The molecule has 4 nitrogen and oxygen atoms in total. The number of H-pyrrole nitrogens is 1. The van der Waals surface area contributed by atoms with Gasteiger partial charge in [0.05, 0.1) is 27.0 Å². The predicted molar refractivity (Wildman–Crippen MR) is 99.9 cm³/mol. The van der Waals surface area contributed by atoms with Crippen LogP contribution in [0.25, 0.3) is 5.69 Å². The molecule has 1 aromatic heterocycles. The first-order chi connectivity index (χ1) is 11.5. The van der Waals surface area contributed by atoms with Gasteiger partial charge in [0.15, 0.2) is 0 Å². The molecule has 0 atom stereocenters. The molecule has 0 fully saturated rings. The molecule has 0 radical (unpaired) electrons. The highest BCUT2D eigenvalue weighted by molar-refractivity contribution is 6.43. The Kier molecular flexibility index (Phi) is 4.81. The highest BCUT2D eigenvalue weighted by atomic mass is 35.5. The lowest BCUT2D eigenvalue weighted by atomic mass is 10.2. The summed E-state index contributed by atoms with van der Waals surface area (Å²) in [6.45, 7) is 1.80. The van der Waals surface area contributed by atoms with Gasteiger partial charge in [0.1, 0.15) is 0 Å². The molecule has 24 heavy (non-hydrogen) atoms. The van der Waals surface area contributed by atoms with Crippen molar-refractivity contribution in [3.63, 3.8) is 0 Å². The Hall–Kier alpha value is -2.01. The van der Waals surface area contributed by atoms with Crippen LogP contribution in [0.1, 0.15) is 11.3 Å². The van der Waals surface area contributed by atoms with Crippen LogP contribution in [-0.2, 0) is 0 Å². The van der Waals surface area contributed by atoms with Crippen molar-refractivity contribution < 1.29 is 0 Å². The number of aryl methyl sites for hydroxylation is 1. The van der Waals surface area contributed by atoms with Gasteiger partial charge in [-0.1, -0.05) is 40.9 Å². The summed E-state index contributed by atoms with van der Waals surface area (Å²) >= 11 is 18.0. The summed E-state index contributed by atoms with van der Waals surface area (Å²) in [6, 6.07) is 12.1. The summed E-state index contributed by atoms with van der Waals surface area (Å²) in [5, 5.41) is 4.39. The third-order valence-electron chi connectivity index (χ3n) is 3.47. The molecule has 3 rings (SSSR count). The smallest absolute Gasteiger partial charge is 0.280 e. The second-order valence-corrected chi connectivity index (χ2v) is 6.32. The third-order valence-corrected chi connectivity index (χ3v) is 4.53. The summed E-state index contributed by atoms with van der Waals surface area (Å²) < 4.78 is 1.44. The van der Waals surface area contributed by atoms with Gasteiger partial charge in [-0.15, -0.1) is 0 Å². The van der Waals surface area contributed by atoms with E-state index in [9.17, 15) is 4.79 Å². The molecule has 0 amide bonds. The molecule has 0 aliphatic rings. The number of aliphatic imine (C=N–C) groups is 1. The summed E-state index contributed by atoms with van der Waals surface area (Å²) in [4.78, 5) is 16.9. The first-order valence-electron chi connectivity index (χ1n) is 7.03. The highest BCUT2D eigenvalue weighted by Crippen LogP contribution is 2.31. The Morgan fingerprint density at radius 2 is 1.79 bits per heavy atom. The van der Waals surface area contributed by atoms with Crippen LogP contribution in [-0.4, -0.2) is 16.0 Å². The van der Waals surface area contributed by atoms with Crippen molar-refractivity contribution in [2.75, 3.05) is 0 Å². The lowest BCUT2D eigenvalue weighted by molar-refractivity contribution is 0.835. The van der Waals surface area contributed by atoms with E-state index in [4.69, 9.17) is 34.8 Å². The maximum Gasteiger partial charge on any atom is 0.280 e. The molecule has 0 saturated heterocycles. The minimum atomic E-state index is -0.211. The average Bonchev–Trinajstić information content (AvgIpc) is 2.84. The molecule has 0 bridgehead atoms. The van der Waals surface area contributed by atoms with Gasteiger partial charge in [0.2, 0.25) is 0 Å². The molecule has 1 N–H and O–H groups in total. The van der Waals surface area contributed by atoms with Crippen LogP contribution in [0.2, 0.25) is 15.1 Å². The number of hydrogen-bond acceptors (Lipinski definition) is 2. The lowest BCUT2D eigenvalue weighted by Gasteiger charge is -2.00. The summed E-state index contributed by atoms with van der Waals surface area (Å²) in [7, 11) is 0. The first kappa shape index (κ1) is 16.8. The van der Waals surface area contributed by atoms with Crippen molar-refractivity contribution in [1.82, 2.24) is 9.78 Å². The number of nitrogens with one attached hydrogen (secondary N) is 1. The SMILES string of the molecule is Cc1[nH]n(-c2ccc(Cl)cc2)c(=O)c1C=Nc1cccc(Cl)c1Cl. The van der Waals surface area contributed by atoms with Crippen molar-refractivity contribution in [2.24, 2.45) is 4.99 Å². The number of aromatic nitrogens is 2. The predicted octanol–water partition coefficient (Wildman–Crippen LogP) is 5.18. The fourth-order valence-electron chi connectivity index (χ4n) is 2.21. The molecule has 7 heteroatoms. The molecule has 1 heterocycles. The van der Waals surface area contributed by atoms with E-state index >= 15 is 0 Å². The van der Waals surface area contributed by atoms with Gasteiger partial charge >= 0.3 is 0 Å². The van der Waals surface area contributed by atoms with Crippen molar-refractivity contribution in [3.8, 4) is 5.69 Å². The second-order valence-electron chi connectivity index (χ2n) is 5.10. The molecule has 0 aliphatic carbocycles. The van der Waals surface area contributed by atoms with Crippen LogP contribution in [0.5, 0.6) is 0 Å². The van der Waals surface area contributed by atoms with Gasteiger partial charge in [0, 0.05) is 16.9 Å². The van der Waals surface area contributed by atoms with E-state index in [1.165, 1.54) is 10.9 Å². The maximum atomic E-state index is 12.6. The van der Waals surface area contributed by atoms with Crippen molar-refractivity contribution in [2.45, 2.75) is 6.92 Å². The zero-order chi connectivity index (χ0) is 17.3. The van der Waals surface area contributed by atoms with Gasteiger partial charge < -0.3 is 0 Å². The normalized spacial score (nSPS) is 11.3. The van der Waals surface area contributed by atoms with E-state index in [1.807, 2.05) is 0 Å². The standard InChI is InChI=1S/C17H12Cl3N3O/c1-10-13(9-21-15-4-2-3-14(19)16(15)20)17(24)23(22-10)12-7-5-11(18)6-8-12/h2-9,22H,1H3. The summed E-state index contributed by atoms with van der Waals surface area (Å²) in [5.74, 6) is 0. The maximum absolute atomic E-state index is 12.6. The van der Waals surface area contributed by atoms with E-state index in [0.717, 1.165) is 0 Å². The van der Waals surface area contributed by atoms with Gasteiger partial charge in [-0.2, -0.15) is 0 Å². The Labute approximate surface area is 153 Å². The quantitative estimate of drug-likeness (QED) is 0.625. The molecule has 0 spiro atoms. The van der Waals surface area contributed by atoms with Gasteiger partial charge in [-0.25, -0.2) is 4.68 Å². The van der Waals surface area contributed by atoms with Crippen molar-refractivity contribution in [3.05, 3.63) is 79.1 Å². The number of rotatable bonds is 3. The summed E-state index contributed by atoms with van der Waals surface area (Å²) in [6.07, 6.45) is 1.48. The van der Waals surface area contributed by atoms with E-state index in [0.29, 0.717) is 37.7 Å². The van der Waals surface area contributed by atoms with Crippen LogP contribution in [0.4, 0.5) is 5.69 Å². The Balaban J connectivity index is 2.01. The van der Waals surface area contributed by atoms with Gasteiger partial charge in [-0.3, -0.25) is 14.9 Å². The minimum absolute atomic E-state index is 0.211. The topological polar surface area (TPSA) is 50.1 Å². The molecule has 122 valence electrons. The average molecular weight is 381 g/mol. The molecule has 0 saturated carbocycles. The Morgan fingerprint density at radius 3 is 2.50 bits per heavy atom. The second kappa shape index (κ2) is 6.85. The first-order valence-corrected chi connectivity index (χ1v) is 8.16. The third kappa shape index (κ3) is 3.26. The molecule has 3 aromatic rings. The van der Waals surface area contributed by atoms with Crippen LogP contribution < -0.4 is 5.56 Å². The summed E-state index contributed by atoms with van der Waals surface area (Å²) in [5.41, 5.74) is 2.12. The van der Waals surface area contributed by atoms with Crippen molar-refractivity contribution in [1.29, 1.82) is 0 Å². The lowest BCUT2D eigenvalue weighted by Crippen LogP contribution is -2.17. The zero-order valence-electron chi connectivity index (χ0n) is 12.6. The Morgan fingerprint density at radius 1 is 1.08 bits per heavy atom. The highest BCUT2D eigenvalue weighted by Gasteiger charge is 2.11. The van der Waals surface area contributed by atoms with Gasteiger partial charge in [-0.05, 0) is 43.3 Å². The van der Waals surface area contributed by atoms with Crippen molar-refractivity contribution >= 4 is 46.7 Å². The number of halogens is 3. The van der Waals surface area contributed by atoms with E-state index in [1.54, 1.807) is 49.4 Å². The van der Waals surface area contributed by atoms with E-state index < -0.39 is 0 Å². The number of nitrogens with zero attached hydrogens (tertiary/aromatic N) is 2. The van der Waals surface area contributed by atoms with Crippen LogP contribution in [0, 0.1) is 6.92 Å². The molecular weight excluding hydrogens is 369 g/mol. The van der Waals surface area contributed by atoms with Crippen LogP contribution >= 0.6 is 34.8 Å². The Bertz CT molecular complexity index is 972. The minimum Gasteiger partial charge on any atom is -0.295 e. The molecule has 0 aliphatic heterocycles. The van der Waals surface area contributed by atoms with E-state index in [-0.39, 0.29) is 5.56 Å². The van der Waals surface area contributed by atoms with Crippen LogP contribution in [0.15, 0.2) is 52.3 Å². The molecule has 0 unspecified atom stereocenters. The van der Waals surface area contributed by atoms with Crippen LogP contribution in [0.3, 0.4) is 0 Å².